The van der Waals surface area contributed by atoms with Gasteiger partial charge in [0.15, 0.2) is 11.5 Å². The van der Waals surface area contributed by atoms with Crippen LogP contribution in [-0.4, -0.2) is 56.4 Å². The lowest BCUT2D eigenvalue weighted by molar-refractivity contribution is 0.243. The van der Waals surface area contributed by atoms with E-state index in [1.807, 2.05) is 25.1 Å². The quantitative estimate of drug-likeness (QED) is 0.640. The van der Waals surface area contributed by atoms with Gasteiger partial charge in [-0.3, -0.25) is 0 Å². The van der Waals surface area contributed by atoms with Gasteiger partial charge in [0.05, 0.1) is 14.2 Å². The second-order valence-electron chi connectivity index (χ2n) is 7.49. The number of hydrogen-bond acceptors (Lipinski definition) is 7. The van der Waals surface area contributed by atoms with Crippen molar-refractivity contribution in [3.05, 3.63) is 30.5 Å². The molecule has 0 radical (unpaired) electrons. The molecule has 0 bridgehead atoms. The molecule has 0 spiro atoms. The molecule has 3 rings (SSSR count). The second kappa shape index (κ2) is 10.00. The number of benzene rings is 1. The Morgan fingerprint density at radius 2 is 1.73 bits per heavy atom. The van der Waals surface area contributed by atoms with Gasteiger partial charge in [-0.1, -0.05) is 0 Å². The number of rotatable bonds is 7. The van der Waals surface area contributed by atoms with Crippen molar-refractivity contribution in [3.8, 4) is 11.5 Å². The smallest absolute Gasteiger partial charge is 0.319 e. The minimum absolute atomic E-state index is 0.136. The van der Waals surface area contributed by atoms with Crippen LogP contribution in [0.4, 0.5) is 22.2 Å². The maximum Gasteiger partial charge on any atom is 0.319 e. The number of methoxy groups -OCH3 is 2. The first-order chi connectivity index (χ1) is 14.5. The molecule has 1 aliphatic carbocycles. The Kier molecular flexibility index (Phi) is 7.16. The standard InChI is InChI=1S/C21H30N6O3/c1-27(2)19-11-12-22-20(26-19)23-14-5-7-15(8-6-14)24-21(28)25-16-9-10-17(29-3)18(13-16)30-4/h9-15H,5-8H2,1-4H3,(H,22,23,26)(H2,24,25,28). The highest BCUT2D eigenvalue weighted by Gasteiger charge is 2.23. The summed E-state index contributed by atoms with van der Waals surface area (Å²) < 4.78 is 10.5. The molecule has 9 nitrogen and oxygen atoms in total. The minimum atomic E-state index is -0.222. The molecule has 0 atom stereocenters. The van der Waals surface area contributed by atoms with Gasteiger partial charge in [0.1, 0.15) is 5.82 Å². The van der Waals surface area contributed by atoms with E-state index in [2.05, 4.69) is 25.9 Å². The molecule has 1 fully saturated rings. The molecule has 0 aliphatic heterocycles. The Bertz CT molecular complexity index is 852. The molecule has 1 aromatic heterocycles. The summed E-state index contributed by atoms with van der Waals surface area (Å²) in [5.41, 5.74) is 0.651. The number of urea groups is 1. The third kappa shape index (κ3) is 5.65. The third-order valence-electron chi connectivity index (χ3n) is 5.14. The van der Waals surface area contributed by atoms with E-state index in [9.17, 15) is 4.79 Å². The number of anilines is 3. The van der Waals surface area contributed by atoms with Crippen LogP contribution in [0.1, 0.15) is 25.7 Å². The first kappa shape index (κ1) is 21.5. The molecule has 2 amide bonds. The number of amides is 2. The summed E-state index contributed by atoms with van der Waals surface area (Å²) >= 11 is 0. The molecule has 162 valence electrons. The lowest BCUT2D eigenvalue weighted by atomic mass is 9.91. The van der Waals surface area contributed by atoms with Crippen molar-refractivity contribution in [1.82, 2.24) is 15.3 Å². The van der Waals surface area contributed by atoms with Crippen LogP contribution in [0.2, 0.25) is 0 Å². The Morgan fingerprint density at radius 1 is 1.03 bits per heavy atom. The van der Waals surface area contributed by atoms with Crippen molar-refractivity contribution < 1.29 is 14.3 Å². The van der Waals surface area contributed by atoms with E-state index in [-0.39, 0.29) is 12.1 Å². The molecule has 30 heavy (non-hydrogen) atoms. The number of nitrogens with zero attached hydrogens (tertiary/aromatic N) is 3. The zero-order chi connectivity index (χ0) is 21.5. The van der Waals surface area contributed by atoms with E-state index < -0.39 is 0 Å². The molecule has 1 aliphatic rings. The van der Waals surface area contributed by atoms with Gasteiger partial charge in [0.25, 0.3) is 0 Å². The van der Waals surface area contributed by atoms with E-state index in [1.54, 1.807) is 38.6 Å². The van der Waals surface area contributed by atoms with Gasteiger partial charge in [-0.2, -0.15) is 4.98 Å². The lowest BCUT2D eigenvalue weighted by Gasteiger charge is -2.29. The molecule has 0 unspecified atom stereocenters. The molecule has 0 saturated heterocycles. The van der Waals surface area contributed by atoms with Crippen LogP contribution in [-0.2, 0) is 0 Å². The van der Waals surface area contributed by atoms with Gasteiger partial charge in [-0.15, -0.1) is 0 Å². The van der Waals surface area contributed by atoms with E-state index in [1.165, 1.54) is 0 Å². The summed E-state index contributed by atoms with van der Waals surface area (Å²) in [6, 6.07) is 7.37. The first-order valence-electron chi connectivity index (χ1n) is 10.0. The van der Waals surface area contributed by atoms with Crippen molar-refractivity contribution in [3.63, 3.8) is 0 Å². The average molecular weight is 415 g/mol. The SMILES string of the molecule is COc1ccc(NC(=O)NC2CCC(Nc3nccc(N(C)C)n3)CC2)cc1OC. The number of carbonyl (C=O) groups is 1. The van der Waals surface area contributed by atoms with Crippen LogP contribution >= 0.6 is 0 Å². The van der Waals surface area contributed by atoms with Crippen LogP contribution in [0.3, 0.4) is 0 Å². The third-order valence-corrected chi connectivity index (χ3v) is 5.14. The summed E-state index contributed by atoms with van der Waals surface area (Å²) in [6.45, 7) is 0. The largest absolute Gasteiger partial charge is 0.493 e. The van der Waals surface area contributed by atoms with Crippen LogP contribution < -0.4 is 30.3 Å². The minimum Gasteiger partial charge on any atom is -0.493 e. The molecular weight excluding hydrogens is 384 g/mol. The summed E-state index contributed by atoms with van der Waals surface area (Å²) in [5.74, 6) is 2.70. The molecule has 2 aromatic rings. The predicted molar refractivity (Wildman–Crippen MR) is 118 cm³/mol. The maximum absolute atomic E-state index is 12.4. The van der Waals surface area contributed by atoms with Crippen molar-refractivity contribution in [2.75, 3.05) is 43.8 Å². The Morgan fingerprint density at radius 3 is 2.40 bits per heavy atom. The van der Waals surface area contributed by atoms with Crippen molar-refractivity contribution >= 4 is 23.5 Å². The lowest BCUT2D eigenvalue weighted by Crippen LogP contribution is -2.42. The maximum atomic E-state index is 12.4. The van der Waals surface area contributed by atoms with Crippen molar-refractivity contribution in [2.45, 2.75) is 37.8 Å². The summed E-state index contributed by atoms with van der Waals surface area (Å²) in [7, 11) is 7.05. The number of hydrogen-bond donors (Lipinski definition) is 3. The Labute approximate surface area is 177 Å². The summed E-state index contributed by atoms with van der Waals surface area (Å²) in [4.78, 5) is 23.1. The van der Waals surface area contributed by atoms with E-state index >= 15 is 0 Å². The number of carbonyl (C=O) groups excluding carboxylic acids is 1. The number of nitrogens with one attached hydrogen (secondary N) is 3. The highest BCUT2D eigenvalue weighted by atomic mass is 16.5. The highest BCUT2D eigenvalue weighted by Crippen LogP contribution is 2.29. The normalized spacial score (nSPS) is 18.3. The van der Waals surface area contributed by atoms with Crippen LogP contribution in [0, 0.1) is 0 Å². The summed E-state index contributed by atoms with van der Waals surface area (Å²) in [6.07, 6.45) is 5.43. The molecule has 1 aromatic carbocycles. The van der Waals surface area contributed by atoms with Gasteiger partial charge in [-0.05, 0) is 43.9 Å². The molecule has 9 heteroatoms. The Balaban J connectivity index is 1.46. The number of ether oxygens (including phenoxy) is 2. The predicted octanol–water partition coefficient (Wildman–Crippen LogP) is 3.10. The van der Waals surface area contributed by atoms with Crippen LogP contribution in [0.15, 0.2) is 30.5 Å². The molecule has 1 heterocycles. The van der Waals surface area contributed by atoms with E-state index in [0.717, 1.165) is 31.5 Å². The fourth-order valence-electron chi connectivity index (χ4n) is 3.50. The zero-order valence-corrected chi connectivity index (χ0v) is 17.9. The average Bonchev–Trinajstić information content (AvgIpc) is 2.75. The van der Waals surface area contributed by atoms with Crippen LogP contribution in [0.5, 0.6) is 11.5 Å². The fraction of sp³-hybridized carbons (Fsp3) is 0.476. The van der Waals surface area contributed by atoms with Gasteiger partial charge in [0.2, 0.25) is 5.95 Å². The van der Waals surface area contributed by atoms with Crippen molar-refractivity contribution in [1.29, 1.82) is 0 Å². The van der Waals surface area contributed by atoms with Gasteiger partial charge >= 0.3 is 6.03 Å². The Hall–Kier alpha value is -3.23. The van der Waals surface area contributed by atoms with Crippen LogP contribution in [0.25, 0.3) is 0 Å². The molecular formula is C21H30N6O3. The van der Waals surface area contributed by atoms with Gasteiger partial charge in [0, 0.05) is 44.1 Å². The van der Waals surface area contributed by atoms with E-state index in [0.29, 0.717) is 29.2 Å². The summed E-state index contributed by atoms with van der Waals surface area (Å²) in [5, 5.41) is 9.32. The van der Waals surface area contributed by atoms with Gasteiger partial charge in [-0.25, -0.2) is 9.78 Å². The highest BCUT2D eigenvalue weighted by molar-refractivity contribution is 5.89. The molecule has 3 N–H and O–H groups in total. The topological polar surface area (TPSA) is 101 Å². The first-order valence-corrected chi connectivity index (χ1v) is 10.0. The zero-order valence-electron chi connectivity index (χ0n) is 17.9. The van der Waals surface area contributed by atoms with Gasteiger partial charge < -0.3 is 30.3 Å². The van der Waals surface area contributed by atoms with E-state index in [4.69, 9.17) is 9.47 Å². The number of aromatic nitrogens is 2. The fourth-order valence-corrected chi connectivity index (χ4v) is 3.50. The second-order valence-corrected chi connectivity index (χ2v) is 7.49. The van der Waals surface area contributed by atoms with Crippen molar-refractivity contribution in [2.24, 2.45) is 0 Å². The molecule has 1 saturated carbocycles. The monoisotopic (exact) mass is 414 g/mol.